The number of hydrogen-bond acceptors (Lipinski definition) is 7. The summed E-state index contributed by atoms with van der Waals surface area (Å²) in [6.45, 7) is 1.88. The van der Waals surface area contributed by atoms with E-state index in [1.807, 2.05) is 0 Å². The number of hydrogen-bond donors (Lipinski definition) is 2. The Morgan fingerprint density at radius 1 is 1.62 bits per heavy atom. The van der Waals surface area contributed by atoms with Crippen LogP contribution in [0.2, 0.25) is 0 Å². The van der Waals surface area contributed by atoms with E-state index in [1.54, 1.807) is 12.3 Å². The molecule has 0 bridgehead atoms. The minimum Gasteiger partial charge on any atom is -0.375 e. The molecule has 2 aromatic heterocycles. The van der Waals surface area contributed by atoms with E-state index in [-0.39, 0.29) is 12.5 Å². The van der Waals surface area contributed by atoms with Crippen molar-refractivity contribution in [2.75, 3.05) is 5.73 Å². The normalized spacial score (nSPS) is 10.3. The van der Waals surface area contributed by atoms with Crippen molar-refractivity contribution >= 4 is 22.4 Å². The van der Waals surface area contributed by atoms with E-state index in [1.165, 1.54) is 11.3 Å². The first kappa shape index (κ1) is 10.6. The van der Waals surface area contributed by atoms with Crippen molar-refractivity contribution in [3.8, 4) is 0 Å². The van der Waals surface area contributed by atoms with E-state index in [0.717, 1.165) is 0 Å². The third-order valence-corrected chi connectivity index (χ3v) is 2.41. The molecule has 2 heterocycles. The lowest BCUT2D eigenvalue weighted by Gasteiger charge is -1.97. The van der Waals surface area contributed by atoms with Crippen LogP contribution in [0.4, 0.5) is 5.13 Å². The van der Waals surface area contributed by atoms with Gasteiger partial charge in [0.2, 0.25) is 5.89 Å². The maximum atomic E-state index is 11.5. The molecule has 84 valence electrons. The van der Waals surface area contributed by atoms with E-state index >= 15 is 0 Å². The number of nitrogen functional groups attached to an aromatic ring is 1. The molecule has 16 heavy (non-hydrogen) atoms. The SMILES string of the molecule is Cc1nc(CNC(=O)c2csc(N)n2)no1. The minimum absolute atomic E-state index is 0.202. The predicted octanol–water partition coefficient (Wildman–Crippen LogP) is 0.347. The van der Waals surface area contributed by atoms with Crippen molar-refractivity contribution in [1.82, 2.24) is 20.4 Å². The fraction of sp³-hybridized carbons (Fsp3) is 0.250. The van der Waals surface area contributed by atoms with Crippen LogP contribution in [0.5, 0.6) is 0 Å². The topological polar surface area (TPSA) is 107 Å². The van der Waals surface area contributed by atoms with Gasteiger partial charge in [-0.1, -0.05) is 5.16 Å². The zero-order valence-electron chi connectivity index (χ0n) is 8.43. The third-order valence-electron chi connectivity index (χ3n) is 1.73. The number of nitrogens with zero attached hydrogens (tertiary/aromatic N) is 3. The van der Waals surface area contributed by atoms with E-state index in [2.05, 4.69) is 20.4 Å². The number of anilines is 1. The quantitative estimate of drug-likeness (QED) is 0.800. The second kappa shape index (κ2) is 4.27. The summed E-state index contributed by atoms with van der Waals surface area (Å²) >= 11 is 1.21. The summed E-state index contributed by atoms with van der Waals surface area (Å²) in [4.78, 5) is 19.3. The zero-order valence-corrected chi connectivity index (χ0v) is 9.24. The Hall–Kier alpha value is -1.96. The number of carbonyl (C=O) groups excluding carboxylic acids is 1. The summed E-state index contributed by atoms with van der Waals surface area (Å²) in [6, 6.07) is 0. The summed E-state index contributed by atoms with van der Waals surface area (Å²) in [7, 11) is 0. The molecule has 0 saturated heterocycles. The minimum atomic E-state index is -0.310. The Morgan fingerprint density at radius 2 is 2.44 bits per heavy atom. The van der Waals surface area contributed by atoms with Crippen LogP contribution in [-0.2, 0) is 6.54 Å². The predicted molar refractivity (Wildman–Crippen MR) is 56.7 cm³/mol. The van der Waals surface area contributed by atoms with Crippen LogP contribution >= 0.6 is 11.3 Å². The molecule has 3 N–H and O–H groups in total. The van der Waals surface area contributed by atoms with Crippen molar-refractivity contribution in [3.63, 3.8) is 0 Å². The van der Waals surface area contributed by atoms with Gasteiger partial charge in [-0.25, -0.2) is 4.98 Å². The Morgan fingerprint density at radius 3 is 3.00 bits per heavy atom. The summed E-state index contributed by atoms with van der Waals surface area (Å²) in [5, 5.41) is 8.20. The van der Waals surface area contributed by atoms with Gasteiger partial charge in [-0.15, -0.1) is 11.3 Å². The molecule has 0 unspecified atom stereocenters. The number of aryl methyl sites for hydroxylation is 1. The maximum absolute atomic E-state index is 11.5. The first-order chi connectivity index (χ1) is 7.65. The van der Waals surface area contributed by atoms with Crippen LogP contribution in [0.1, 0.15) is 22.2 Å². The Balaban J connectivity index is 1.93. The Bertz CT molecular complexity index is 506. The molecular formula is C8H9N5O2S. The van der Waals surface area contributed by atoms with Crippen LogP contribution < -0.4 is 11.1 Å². The lowest BCUT2D eigenvalue weighted by atomic mass is 10.4. The van der Waals surface area contributed by atoms with Crippen molar-refractivity contribution in [1.29, 1.82) is 0 Å². The van der Waals surface area contributed by atoms with Crippen LogP contribution in [0.25, 0.3) is 0 Å². The van der Waals surface area contributed by atoms with Crippen LogP contribution in [0.15, 0.2) is 9.90 Å². The largest absolute Gasteiger partial charge is 0.375 e. The number of aromatic nitrogens is 3. The Labute approximate surface area is 94.7 Å². The molecule has 1 amide bonds. The van der Waals surface area contributed by atoms with Gasteiger partial charge in [0.25, 0.3) is 5.91 Å². The molecule has 0 aliphatic carbocycles. The fourth-order valence-corrected chi connectivity index (χ4v) is 1.60. The monoisotopic (exact) mass is 239 g/mol. The van der Waals surface area contributed by atoms with Gasteiger partial charge in [0.1, 0.15) is 5.69 Å². The lowest BCUT2D eigenvalue weighted by molar-refractivity contribution is 0.0945. The first-order valence-electron chi connectivity index (χ1n) is 4.43. The van der Waals surface area contributed by atoms with Gasteiger partial charge in [0.15, 0.2) is 11.0 Å². The Kier molecular flexibility index (Phi) is 2.82. The van der Waals surface area contributed by atoms with E-state index < -0.39 is 0 Å². The highest BCUT2D eigenvalue weighted by Crippen LogP contribution is 2.10. The van der Waals surface area contributed by atoms with Gasteiger partial charge in [-0.2, -0.15) is 4.98 Å². The molecule has 0 spiro atoms. The smallest absolute Gasteiger partial charge is 0.271 e. The van der Waals surface area contributed by atoms with E-state index in [9.17, 15) is 4.79 Å². The highest BCUT2D eigenvalue weighted by atomic mass is 32.1. The molecule has 0 atom stereocenters. The summed E-state index contributed by atoms with van der Waals surface area (Å²) in [6.07, 6.45) is 0. The molecular weight excluding hydrogens is 230 g/mol. The number of carbonyl (C=O) groups is 1. The highest BCUT2D eigenvalue weighted by Gasteiger charge is 2.10. The molecule has 2 rings (SSSR count). The number of rotatable bonds is 3. The molecule has 0 aliphatic rings. The van der Waals surface area contributed by atoms with Crippen molar-refractivity contribution in [2.45, 2.75) is 13.5 Å². The van der Waals surface area contributed by atoms with Crippen LogP contribution in [-0.4, -0.2) is 21.0 Å². The third kappa shape index (κ3) is 2.34. The molecule has 0 fully saturated rings. The van der Waals surface area contributed by atoms with Crippen molar-refractivity contribution < 1.29 is 9.32 Å². The summed E-state index contributed by atoms with van der Waals surface area (Å²) in [5.74, 6) is 0.576. The average molecular weight is 239 g/mol. The van der Waals surface area contributed by atoms with Gasteiger partial charge < -0.3 is 15.6 Å². The molecule has 0 radical (unpaired) electrons. The summed E-state index contributed by atoms with van der Waals surface area (Å²) in [5.41, 5.74) is 5.71. The number of thiazole rings is 1. The van der Waals surface area contributed by atoms with Crippen LogP contribution in [0, 0.1) is 6.92 Å². The lowest BCUT2D eigenvalue weighted by Crippen LogP contribution is -2.23. The molecule has 0 aliphatic heterocycles. The molecule has 8 heteroatoms. The zero-order chi connectivity index (χ0) is 11.5. The highest BCUT2D eigenvalue weighted by molar-refractivity contribution is 7.13. The molecule has 7 nitrogen and oxygen atoms in total. The van der Waals surface area contributed by atoms with Gasteiger partial charge in [0, 0.05) is 12.3 Å². The second-order valence-corrected chi connectivity index (χ2v) is 3.87. The first-order valence-corrected chi connectivity index (χ1v) is 5.31. The second-order valence-electron chi connectivity index (χ2n) is 2.98. The number of nitrogens with two attached hydrogens (primary N) is 1. The maximum Gasteiger partial charge on any atom is 0.271 e. The van der Waals surface area contributed by atoms with Gasteiger partial charge >= 0.3 is 0 Å². The molecule has 0 saturated carbocycles. The number of nitrogens with one attached hydrogen (secondary N) is 1. The number of amides is 1. The van der Waals surface area contributed by atoms with Gasteiger partial charge in [-0.05, 0) is 0 Å². The average Bonchev–Trinajstić information content (AvgIpc) is 2.84. The van der Waals surface area contributed by atoms with Crippen molar-refractivity contribution in [3.05, 3.63) is 22.8 Å². The van der Waals surface area contributed by atoms with E-state index in [4.69, 9.17) is 10.3 Å². The summed E-state index contributed by atoms with van der Waals surface area (Å²) < 4.78 is 4.76. The van der Waals surface area contributed by atoms with E-state index in [0.29, 0.717) is 22.5 Å². The molecule has 2 aromatic rings. The van der Waals surface area contributed by atoms with Crippen LogP contribution in [0.3, 0.4) is 0 Å². The van der Waals surface area contributed by atoms with Gasteiger partial charge in [0.05, 0.1) is 6.54 Å². The van der Waals surface area contributed by atoms with Crippen molar-refractivity contribution in [2.24, 2.45) is 0 Å². The molecule has 0 aromatic carbocycles. The van der Waals surface area contributed by atoms with Gasteiger partial charge in [-0.3, -0.25) is 4.79 Å². The fourth-order valence-electron chi connectivity index (χ4n) is 1.05. The standard InChI is InChI=1S/C8H9N5O2S/c1-4-11-6(13-15-4)2-10-7(14)5-3-16-8(9)12-5/h3H,2H2,1H3,(H2,9,12)(H,10,14).